The fourth-order valence-corrected chi connectivity index (χ4v) is 4.79. The van der Waals surface area contributed by atoms with Crippen molar-refractivity contribution in [3.63, 3.8) is 0 Å². The number of H-pyrrole nitrogens is 1. The number of nitrogens with one attached hydrogen (secondary N) is 2. The molecule has 1 saturated carbocycles. The lowest BCUT2D eigenvalue weighted by atomic mass is 9.90. The summed E-state index contributed by atoms with van der Waals surface area (Å²) in [5.74, 6) is 0.270. The van der Waals surface area contributed by atoms with Crippen molar-refractivity contribution in [1.82, 2.24) is 20.2 Å². The van der Waals surface area contributed by atoms with Crippen molar-refractivity contribution in [3.8, 4) is 0 Å². The molecule has 2 aromatic heterocycles. The van der Waals surface area contributed by atoms with Gasteiger partial charge in [-0.15, -0.1) is 0 Å². The van der Waals surface area contributed by atoms with E-state index in [4.69, 9.17) is 0 Å². The van der Waals surface area contributed by atoms with Gasteiger partial charge < -0.3 is 15.2 Å². The van der Waals surface area contributed by atoms with Gasteiger partial charge >= 0.3 is 0 Å². The Morgan fingerprint density at radius 1 is 1.20 bits per heavy atom. The van der Waals surface area contributed by atoms with E-state index in [2.05, 4.69) is 15.3 Å². The zero-order chi connectivity index (χ0) is 20.7. The summed E-state index contributed by atoms with van der Waals surface area (Å²) >= 11 is 0. The van der Waals surface area contributed by atoms with E-state index in [0.717, 1.165) is 47.1 Å². The molecule has 1 unspecified atom stereocenters. The number of carbonyl (C=O) groups excluding carboxylic acids is 2. The number of likely N-dealkylation sites (tertiary alicyclic amines) is 1. The molecular weight excluding hydrogens is 376 g/mol. The Hall–Kier alpha value is -3.15. The highest BCUT2D eigenvalue weighted by Crippen LogP contribution is 2.59. The molecule has 1 saturated heterocycles. The molecule has 1 aromatic carbocycles. The maximum absolute atomic E-state index is 12.9. The van der Waals surface area contributed by atoms with Crippen LogP contribution in [0.1, 0.15) is 41.0 Å². The minimum atomic E-state index is 0.0655. The summed E-state index contributed by atoms with van der Waals surface area (Å²) < 4.78 is 0. The summed E-state index contributed by atoms with van der Waals surface area (Å²) in [5.41, 5.74) is 3.69. The van der Waals surface area contributed by atoms with E-state index in [1.165, 1.54) is 0 Å². The first kappa shape index (κ1) is 18.9. The van der Waals surface area contributed by atoms with Crippen molar-refractivity contribution >= 4 is 22.7 Å². The third-order valence-electron chi connectivity index (χ3n) is 6.74. The molecule has 2 amide bonds. The van der Waals surface area contributed by atoms with Crippen molar-refractivity contribution in [2.45, 2.75) is 32.7 Å². The number of hydrogen-bond acceptors (Lipinski definition) is 3. The third-order valence-corrected chi connectivity index (χ3v) is 6.74. The topological polar surface area (TPSA) is 78.1 Å². The van der Waals surface area contributed by atoms with Crippen LogP contribution in [0, 0.1) is 18.3 Å². The average molecular weight is 402 g/mol. The Morgan fingerprint density at radius 3 is 2.83 bits per heavy atom. The van der Waals surface area contributed by atoms with Crippen LogP contribution in [-0.4, -0.2) is 39.8 Å². The first-order valence-corrected chi connectivity index (χ1v) is 10.6. The molecule has 6 nitrogen and oxygen atoms in total. The number of amides is 2. The summed E-state index contributed by atoms with van der Waals surface area (Å²) in [5, 5.41) is 4.10. The molecule has 3 heterocycles. The van der Waals surface area contributed by atoms with E-state index in [0.29, 0.717) is 19.6 Å². The molecule has 154 valence electrons. The van der Waals surface area contributed by atoms with Crippen molar-refractivity contribution in [2.24, 2.45) is 11.3 Å². The lowest BCUT2D eigenvalue weighted by Crippen LogP contribution is -2.40. The summed E-state index contributed by atoms with van der Waals surface area (Å²) in [6, 6.07) is 13.6. The second-order valence-corrected chi connectivity index (χ2v) is 8.68. The number of nitrogens with zero attached hydrogens (tertiary/aromatic N) is 2. The molecule has 30 heavy (non-hydrogen) atoms. The summed E-state index contributed by atoms with van der Waals surface area (Å²) in [7, 11) is 0. The molecule has 2 aliphatic rings. The molecule has 2 N–H and O–H groups in total. The number of rotatable bonds is 4. The van der Waals surface area contributed by atoms with Crippen LogP contribution in [-0.2, 0) is 11.3 Å². The van der Waals surface area contributed by atoms with Crippen molar-refractivity contribution in [2.75, 3.05) is 13.1 Å². The van der Waals surface area contributed by atoms with E-state index >= 15 is 0 Å². The van der Waals surface area contributed by atoms with Gasteiger partial charge in [0.2, 0.25) is 5.91 Å². The van der Waals surface area contributed by atoms with Crippen LogP contribution < -0.4 is 5.32 Å². The minimum absolute atomic E-state index is 0.0655. The Morgan fingerprint density at radius 2 is 2.03 bits per heavy atom. The number of aromatic amines is 1. The number of fused-ring (bicyclic) bond motifs is 1. The van der Waals surface area contributed by atoms with Crippen LogP contribution in [0.4, 0.5) is 0 Å². The second kappa shape index (κ2) is 7.27. The SMILES string of the molecule is Cc1cccc(CNC(=O)C2CC23CCN(C(=O)c2ccc4[nH]ccc4c2)CC3)n1. The zero-order valence-electron chi connectivity index (χ0n) is 17.1. The number of carbonyl (C=O) groups is 2. The lowest BCUT2D eigenvalue weighted by molar-refractivity contribution is -0.123. The summed E-state index contributed by atoms with van der Waals surface area (Å²) in [6.45, 7) is 3.85. The first-order valence-electron chi connectivity index (χ1n) is 10.6. The van der Waals surface area contributed by atoms with Crippen molar-refractivity contribution < 1.29 is 9.59 Å². The highest BCUT2D eigenvalue weighted by atomic mass is 16.2. The van der Waals surface area contributed by atoms with Gasteiger partial charge in [0, 0.05) is 47.4 Å². The lowest BCUT2D eigenvalue weighted by Gasteiger charge is -2.33. The number of piperidine rings is 1. The largest absolute Gasteiger partial charge is 0.361 e. The second-order valence-electron chi connectivity index (χ2n) is 8.68. The molecule has 5 rings (SSSR count). The monoisotopic (exact) mass is 402 g/mol. The van der Waals surface area contributed by atoms with E-state index in [9.17, 15) is 9.59 Å². The van der Waals surface area contributed by atoms with Gasteiger partial charge in [0.15, 0.2) is 0 Å². The van der Waals surface area contributed by atoms with E-state index in [1.54, 1.807) is 0 Å². The van der Waals surface area contributed by atoms with Gasteiger partial charge in [-0.1, -0.05) is 6.07 Å². The number of benzene rings is 1. The van der Waals surface area contributed by atoms with Gasteiger partial charge in [-0.3, -0.25) is 14.6 Å². The van der Waals surface area contributed by atoms with E-state index < -0.39 is 0 Å². The van der Waals surface area contributed by atoms with Crippen LogP contribution in [0.25, 0.3) is 10.9 Å². The van der Waals surface area contributed by atoms with Gasteiger partial charge in [0.1, 0.15) is 0 Å². The zero-order valence-corrected chi connectivity index (χ0v) is 17.1. The van der Waals surface area contributed by atoms with E-state index in [1.807, 2.05) is 60.5 Å². The molecule has 1 spiro atoms. The predicted octanol–water partition coefficient (Wildman–Crippen LogP) is 3.43. The smallest absolute Gasteiger partial charge is 0.253 e. The Kier molecular flexibility index (Phi) is 4.57. The molecule has 3 aromatic rings. The highest BCUT2D eigenvalue weighted by molar-refractivity contribution is 5.98. The fraction of sp³-hybridized carbons (Fsp3) is 0.375. The number of pyridine rings is 1. The summed E-state index contributed by atoms with van der Waals surface area (Å²) in [4.78, 5) is 35.1. The maximum atomic E-state index is 12.9. The molecule has 6 heteroatoms. The van der Waals surface area contributed by atoms with Crippen LogP contribution in [0.15, 0.2) is 48.7 Å². The van der Waals surface area contributed by atoms with Crippen LogP contribution in [0.2, 0.25) is 0 Å². The van der Waals surface area contributed by atoms with Crippen LogP contribution in [0.3, 0.4) is 0 Å². The molecule has 2 fully saturated rings. The Balaban J connectivity index is 1.16. The van der Waals surface area contributed by atoms with Crippen molar-refractivity contribution in [3.05, 3.63) is 65.6 Å². The predicted molar refractivity (Wildman–Crippen MR) is 115 cm³/mol. The van der Waals surface area contributed by atoms with Crippen LogP contribution in [0.5, 0.6) is 0 Å². The third kappa shape index (κ3) is 3.47. The number of aromatic nitrogens is 2. The molecule has 1 atom stereocenters. The van der Waals surface area contributed by atoms with Crippen molar-refractivity contribution in [1.29, 1.82) is 0 Å². The summed E-state index contributed by atoms with van der Waals surface area (Å²) in [6.07, 6.45) is 4.60. The average Bonchev–Trinajstić information content (AvgIpc) is 3.24. The molecule has 1 aliphatic heterocycles. The van der Waals surface area contributed by atoms with Gasteiger partial charge in [-0.2, -0.15) is 0 Å². The number of aryl methyl sites for hydroxylation is 1. The molecule has 1 aliphatic carbocycles. The van der Waals surface area contributed by atoms with Gasteiger partial charge in [0.05, 0.1) is 12.2 Å². The fourth-order valence-electron chi connectivity index (χ4n) is 4.79. The van der Waals surface area contributed by atoms with Crippen LogP contribution >= 0.6 is 0 Å². The highest BCUT2D eigenvalue weighted by Gasteiger charge is 2.58. The van der Waals surface area contributed by atoms with Gasteiger partial charge in [-0.05, 0) is 68.0 Å². The first-order chi connectivity index (χ1) is 14.5. The maximum Gasteiger partial charge on any atom is 0.253 e. The Bertz CT molecular complexity index is 1110. The normalized spacial score (nSPS) is 19.8. The van der Waals surface area contributed by atoms with Gasteiger partial charge in [0.25, 0.3) is 5.91 Å². The molecular formula is C24H26N4O2. The van der Waals surface area contributed by atoms with Gasteiger partial charge in [-0.25, -0.2) is 0 Å². The molecule has 0 radical (unpaired) electrons. The number of hydrogen-bond donors (Lipinski definition) is 2. The molecule has 0 bridgehead atoms. The Labute approximate surface area is 175 Å². The standard InChI is InChI=1S/C24H26N4O2/c1-16-3-2-4-19(27-16)15-26-22(29)20-14-24(20)8-11-28(12-9-24)23(30)18-5-6-21-17(13-18)7-10-25-21/h2-7,10,13,20,25H,8-9,11-12,14-15H2,1H3,(H,26,29). The quantitative estimate of drug-likeness (QED) is 0.702. The van der Waals surface area contributed by atoms with E-state index in [-0.39, 0.29) is 23.1 Å². The minimum Gasteiger partial charge on any atom is -0.361 e.